The third-order valence-electron chi connectivity index (χ3n) is 3.66. The molecule has 0 aromatic heterocycles. The number of hydrogen-bond donors (Lipinski definition) is 1. The number of phenolic OH excluding ortho intramolecular Hbond substituents is 1. The van der Waals surface area contributed by atoms with E-state index < -0.39 is 0 Å². The van der Waals surface area contributed by atoms with Crippen molar-refractivity contribution in [2.24, 2.45) is 0 Å². The predicted molar refractivity (Wildman–Crippen MR) is 82.9 cm³/mol. The molecule has 1 aromatic rings. The van der Waals surface area contributed by atoms with Crippen LogP contribution >= 0.6 is 31.9 Å². The van der Waals surface area contributed by atoms with Gasteiger partial charge in [-0.25, -0.2) is 0 Å². The molecule has 1 amide bonds. The molecule has 2 atom stereocenters. The van der Waals surface area contributed by atoms with E-state index in [0.717, 1.165) is 19.3 Å². The molecule has 0 spiro atoms. The Labute approximate surface area is 130 Å². The molecule has 5 heteroatoms. The van der Waals surface area contributed by atoms with Crippen molar-refractivity contribution in [2.45, 2.75) is 36.6 Å². The van der Waals surface area contributed by atoms with Gasteiger partial charge in [-0.1, -0.05) is 28.8 Å². The summed E-state index contributed by atoms with van der Waals surface area (Å²) >= 11 is 6.89. The molecule has 1 N–H and O–H groups in total. The molecular formula is C14H17Br2NO2. The summed E-state index contributed by atoms with van der Waals surface area (Å²) < 4.78 is 0.600. The second kappa shape index (κ2) is 6.27. The molecule has 1 saturated carbocycles. The molecule has 0 heterocycles. The number of phenols is 1. The van der Waals surface area contributed by atoms with Gasteiger partial charge in [-0.15, -0.1) is 0 Å². The van der Waals surface area contributed by atoms with Crippen molar-refractivity contribution in [3.63, 3.8) is 0 Å². The molecule has 0 aliphatic heterocycles. The summed E-state index contributed by atoms with van der Waals surface area (Å²) in [5, 5.41) is 9.67. The van der Waals surface area contributed by atoms with Crippen LogP contribution in [0, 0.1) is 0 Å². The first-order chi connectivity index (χ1) is 9.00. The smallest absolute Gasteiger partial charge is 0.254 e. The van der Waals surface area contributed by atoms with E-state index in [0.29, 0.717) is 14.9 Å². The molecule has 0 saturated heterocycles. The van der Waals surface area contributed by atoms with E-state index in [4.69, 9.17) is 0 Å². The Morgan fingerprint density at radius 3 is 2.68 bits per heavy atom. The summed E-state index contributed by atoms with van der Waals surface area (Å²) in [4.78, 5) is 14.6. The van der Waals surface area contributed by atoms with Crippen LogP contribution in [0.25, 0.3) is 0 Å². The predicted octanol–water partition coefficient (Wildman–Crippen LogP) is 3.93. The van der Waals surface area contributed by atoms with Crippen LogP contribution in [-0.2, 0) is 0 Å². The van der Waals surface area contributed by atoms with Crippen LogP contribution in [0.5, 0.6) is 5.75 Å². The Balaban J connectivity index is 2.15. The number of nitrogens with zero attached hydrogens (tertiary/aromatic N) is 1. The molecule has 1 aliphatic carbocycles. The van der Waals surface area contributed by atoms with E-state index in [2.05, 4.69) is 31.9 Å². The van der Waals surface area contributed by atoms with Gasteiger partial charge in [-0.2, -0.15) is 0 Å². The first-order valence-corrected chi connectivity index (χ1v) is 8.11. The summed E-state index contributed by atoms with van der Waals surface area (Å²) in [7, 11) is 1.84. The van der Waals surface area contributed by atoms with Gasteiger partial charge in [0.05, 0.1) is 4.47 Å². The van der Waals surface area contributed by atoms with Gasteiger partial charge >= 0.3 is 0 Å². The quantitative estimate of drug-likeness (QED) is 0.777. The largest absolute Gasteiger partial charge is 0.507 e. The van der Waals surface area contributed by atoms with Gasteiger partial charge in [-0.3, -0.25) is 4.79 Å². The number of hydrogen-bond acceptors (Lipinski definition) is 2. The highest BCUT2D eigenvalue weighted by Crippen LogP contribution is 2.30. The lowest BCUT2D eigenvalue weighted by Gasteiger charge is -2.35. The van der Waals surface area contributed by atoms with Crippen molar-refractivity contribution in [1.29, 1.82) is 0 Å². The number of carbonyl (C=O) groups is 1. The van der Waals surface area contributed by atoms with Gasteiger partial charge in [0, 0.05) is 23.5 Å². The highest BCUT2D eigenvalue weighted by molar-refractivity contribution is 9.10. The van der Waals surface area contributed by atoms with Crippen molar-refractivity contribution < 1.29 is 9.90 Å². The maximum atomic E-state index is 12.4. The topological polar surface area (TPSA) is 40.5 Å². The van der Waals surface area contributed by atoms with E-state index >= 15 is 0 Å². The molecule has 2 rings (SSSR count). The minimum atomic E-state index is -0.0425. The average molecular weight is 391 g/mol. The van der Waals surface area contributed by atoms with E-state index in [-0.39, 0.29) is 17.7 Å². The Bertz CT molecular complexity index is 479. The van der Waals surface area contributed by atoms with Gasteiger partial charge in [0.2, 0.25) is 0 Å². The van der Waals surface area contributed by atoms with Crippen molar-refractivity contribution in [3.8, 4) is 5.75 Å². The lowest BCUT2D eigenvalue weighted by Crippen LogP contribution is -2.44. The number of carbonyl (C=O) groups excluding carboxylic acids is 1. The lowest BCUT2D eigenvalue weighted by atomic mass is 9.94. The number of alkyl halides is 1. The molecule has 0 bridgehead atoms. The molecule has 2 unspecified atom stereocenters. The Kier molecular flexibility index (Phi) is 4.90. The minimum absolute atomic E-state index is 0.0425. The zero-order valence-corrected chi connectivity index (χ0v) is 13.9. The van der Waals surface area contributed by atoms with E-state index in [1.165, 1.54) is 12.5 Å². The summed E-state index contributed by atoms with van der Waals surface area (Å²) in [5.41, 5.74) is 0.522. The number of halogens is 2. The fraction of sp³-hybridized carbons (Fsp3) is 0.500. The second-order valence-corrected chi connectivity index (χ2v) is 6.98. The minimum Gasteiger partial charge on any atom is -0.507 e. The summed E-state index contributed by atoms with van der Waals surface area (Å²) in [6.07, 6.45) is 4.51. The molecule has 19 heavy (non-hydrogen) atoms. The zero-order chi connectivity index (χ0) is 14.0. The second-order valence-electron chi connectivity index (χ2n) is 4.95. The van der Waals surface area contributed by atoms with Gasteiger partial charge in [-0.05, 0) is 47.0 Å². The van der Waals surface area contributed by atoms with Crippen LogP contribution in [-0.4, -0.2) is 33.8 Å². The van der Waals surface area contributed by atoms with Crippen LogP contribution < -0.4 is 0 Å². The van der Waals surface area contributed by atoms with Crippen molar-refractivity contribution in [3.05, 3.63) is 28.2 Å². The zero-order valence-electron chi connectivity index (χ0n) is 10.8. The van der Waals surface area contributed by atoms with E-state index in [1.807, 2.05) is 7.05 Å². The Hall–Kier alpha value is -0.550. The lowest BCUT2D eigenvalue weighted by molar-refractivity contribution is 0.0704. The van der Waals surface area contributed by atoms with Gasteiger partial charge in [0.15, 0.2) is 0 Å². The molecule has 1 aliphatic rings. The standard InChI is InChI=1S/C14H17Br2NO2/c1-17(12-5-3-2-4-10(12)15)14(19)9-6-7-11(16)13(18)8-9/h6-8,10,12,18H,2-5H2,1H3. The summed E-state index contributed by atoms with van der Waals surface area (Å²) in [6.45, 7) is 0. The number of benzene rings is 1. The van der Waals surface area contributed by atoms with Crippen LogP contribution in [0.15, 0.2) is 22.7 Å². The highest BCUT2D eigenvalue weighted by atomic mass is 79.9. The van der Waals surface area contributed by atoms with Crippen LogP contribution in [0.3, 0.4) is 0 Å². The first kappa shape index (κ1) is 14.9. The first-order valence-electron chi connectivity index (χ1n) is 6.40. The van der Waals surface area contributed by atoms with Crippen molar-refractivity contribution in [2.75, 3.05) is 7.05 Å². The fourth-order valence-corrected chi connectivity index (χ4v) is 3.69. The average Bonchev–Trinajstić information content (AvgIpc) is 2.41. The summed E-state index contributed by atoms with van der Waals surface area (Å²) in [5.74, 6) is 0.0532. The number of aromatic hydroxyl groups is 1. The van der Waals surface area contributed by atoms with Crippen LogP contribution in [0.2, 0.25) is 0 Å². The SMILES string of the molecule is CN(C(=O)c1ccc(Br)c(O)c1)C1CCCCC1Br. The Morgan fingerprint density at radius 1 is 1.37 bits per heavy atom. The van der Waals surface area contributed by atoms with Crippen molar-refractivity contribution in [1.82, 2.24) is 4.90 Å². The molecule has 1 fully saturated rings. The van der Waals surface area contributed by atoms with Gasteiger partial charge in [0.25, 0.3) is 5.91 Å². The number of rotatable bonds is 2. The summed E-state index contributed by atoms with van der Waals surface area (Å²) in [6, 6.07) is 5.17. The van der Waals surface area contributed by atoms with Crippen LogP contribution in [0.4, 0.5) is 0 Å². The molecule has 3 nitrogen and oxygen atoms in total. The molecule has 1 aromatic carbocycles. The molecule has 104 valence electrons. The van der Waals surface area contributed by atoms with Gasteiger partial charge in [0.1, 0.15) is 5.75 Å². The van der Waals surface area contributed by atoms with E-state index in [1.54, 1.807) is 17.0 Å². The Morgan fingerprint density at radius 2 is 2.05 bits per heavy atom. The number of amides is 1. The molecular weight excluding hydrogens is 374 g/mol. The van der Waals surface area contributed by atoms with E-state index in [9.17, 15) is 9.90 Å². The highest BCUT2D eigenvalue weighted by Gasteiger charge is 2.29. The van der Waals surface area contributed by atoms with Gasteiger partial charge < -0.3 is 10.0 Å². The van der Waals surface area contributed by atoms with Crippen molar-refractivity contribution >= 4 is 37.8 Å². The fourth-order valence-electron chi connectivity index (χ4n) is 2.50. The maximum Gasteiger partial charge on any atom is 0.254 e. The molecule has 0 radical (unpaired) electrons. The maximum absolute atomic E-state index is 12.4. The normalized spacial score (nSPS) is 23.1. The third kappa shape index (κ3) is 3.31. The monoisotopic (exact) mass is 389 g/mol. The van der Waals surface area contributed by atoms with Crippen LogP contribution in [0.1, 0.15) is 36.0 Å². The third-order valence-corrected chi connectivity index (χ3v) is 5.40.